The second-order valence-corrected chi connectivity index (χ2v) is 4.43. The van der Waals surface area contributed by atoms with Crippen LogP contribution in [0, 0.1) is 18.3 Å². The van der Waals surface area contributed by atoms with E-state index in [2.05, 4.69) is 11.2 Å². The molecule has 0 fully saturated rings. The third-order valence-electron chi connectivity index (χ3n) is 2.77. The van der Waals surface area contributed by atoms with Gasteiger partial charge in [0.05, 0.1) is 24.4 Å². The number of nitriles is 1. The summed E-state index contributed by atoms with van der Waals surface area (Å²) in [6.45, 7) is 4.15. The molecule has 0 atom stereocenters. The van der Waals surface area contributed by atoms with Gasteiger partial charge in [0.1, 0.15) is 6.54 Å². The van der Waals surface area contributed by atoms with Crippen LogP contribution in [0.3, 0.4) is 0 Å². The lowest BCUT2D eigenvalue weighted by molar-refractivity contribution is -0.144. The van der Waals surface area contributed by atoms with Gasteiger partial charge in [-0.15, -0.1) is 0 Å². The molecular weight excluding hydrogens is 254 g/mol. The minimum absolute atomic E-state index is 0.0881. The predicted molar refractivity (Wildman–Crippen MR) is 73.7 cm³/mol. The van der Waals surface area contributed by atoms with E-state index in [1.165, 1.54) is 4.68 Å². The summed E-state index contributed by atoms with van der Waals surface area (Å²) in [5.74, 6) is -0.316. The summed E-state index contributed by atoms with van der Waals surface area (Å²) in [5.41, 5.74) is 3.40. The van der Waals surface area contributed by atoms with Crippen LogP contribution >= 0.6 is 0 Å². The molecule has 20 heavy (non-hydrogen) atoms. The van der Waals surface area contributed by atoms with Gasteiger partial charge >= 0.3 is 5.97 Å². The molecule has 5 nitrogen and oxygen atoms in total. The smallest absolute Gasteiger partial charge is 0.327 e. The Labute approximate surface area is 117 Å². The number of nitrogens with zero attached hydrogens (tertiary/aromatic N) is 3. The van der Waals surface area contributed by atoms with Crippen LogP contribution in [0.5, 0.6) is 0 Å². The third kappa shape index (κ3) is 3.23. The third-order valence-corrected chi connectivity index (χ3v) is 2.77. The normalized spacial score (nSPS) is 10.1. The van der Waals surface area contributed by atoms with Crippen molar-refractivity contribution in [1.82, 2.24) is 9.78 Å². The second kappa shape index (κ2) is 6.02. The molecule has 2 aromatic rings. The molecule has 0 unspecified atom stereocenters. The van der Waals surface area contributed by atoms with Crippen molar-refractivity contribution in [3.8, 4) is 17.2 Å². The Kier molecular flexibility index (Phi) is 4.16. The molecule has 0 saturated carbocycles. The van der Waals surface area contributed by atoms with Crippen molar-refractivity contribution < 1.29 is 9.53 Å². The Bertz CT molecular complexity index is 668. The number of carbonyl (C=O) groups is 1. The maximum atomic E-state index is 11.4. The molecule has 1 aromatic heterocycles. The maximum absolute atomic E-state index is 11.4. The first kappa shape index (κ1) is 13.8. The lowest BCUT2D eigenvalue weighted by Gasteiger charge is -2.02. The van der Waals surface area contributed by atoms with Gasteiger partial charge in [-0.05, 0) is 37.1 Å². The second-order valence-electron chi connectivity index (χ2n) is 4.43. The molecule has 0 saturated heterocycles. The summed E-state index contributed by atoms with van der Waals surface area (Å²) < 4.78 is 6.40. The lowest BCUT2D eigenvalue weighted by atomic mass is 10.0. The minimum atomic E-state index is -0.316. The highest BCUT2D eigenvalue weighted by atomic mass is 16.5. The summed E-state index contributed by atoms with van der Waals surface area (Å²) in [4.78, 5) is 11.4. The fraction of sp³-hybridized carbons (Fsp3) is 0.267. The summed E-state index contributed by atoms with van der Waals surface area (Å²) in [5, 5.41) is 13.1. The van der Waals surface area contributed by atoms with Crippen LogP contribution in [0.2, 0.25) is 0 Å². The topological polar surface area (TPSA) is 67.9 Å². The summed E-state index contributed by atoms with van der Waals surface area (Å²) in [6, 6.07) is 7.74. The summed E-state index contributed by atoms with van der Waals surface area (Å²) in [6.07, 6.45) is 3.45. The minimum Gasteiger partial charge on any atom is -0.465 e. The van der Waals surface area contributed by atoms with Gasteiger partial charge in [0.15, 0.2) is 0 Å². The molecule has 1 heterocycles. The highest BCUT2D eigenvalue weighted by molar-refractivity contribution is 5.70. The van der Waals surface area contributed by atoms with Crippen LogP contribution in [0.25, 0.3) is 11.1 Å². The van der Waals surface area contributed by atoms with Crippen molar-refractivity contribution in [2.45, 2.75) is 20.4 Å². The highest BCUT2D eigenvalue weighted by Crippen LogP contribution is 2.21. The molecule has 0 amide bonds. The molecule has 0 spiro atoms. The van der Waals surface area contributed by atoms with Gasteiger partial charge < -0.3 is 4.74 Å². The molecule has 5 heteroatoms. The Morgan fingerprint density at radius 2 is 2.20 bits per heavy atom. The fourth-order valence-corrected chi connectivity index (χ4v) is 1.95. The first-order valence-electron chi connectivity index (χ1n) is 6.32. The average Bonchev–Trinajstić information content (AvgIpc) is 2.86. The Morgan fingerprint density at radius 1 is 1.40 bits per heavy atom. The number of esters is 1. The Morgan fingerprint density at radius 3 is 2.90 bits per heavy atom. The molecule has 1 aromatic carbocycles. The molecule has 0 aliphatic heterocycles. The predicted octanol–water partition coefficient (Wildman–Crippen LogP) is 2.29. The summed E-state index contributed by atoms with van der Waals surface area (Å²) in [7, 11) is 0. The van der Waals surface area contributed by atoms with E-state index in [1.54, 1.807) is 25.4 Å². The molecule has 0 aliphatic carbocycles. The quantitative estimate of drug-likeness (QED) is 0.799. The number of ether oxygens (including phenoxy) is 1. The first-order valence-corrected chi connectivity index (χ1v) is 6.32. The van der Waals surface area contributed by atoms with Crippen molar-refractivity contribution in [2.75, 3.05) is 6.61 Å². The van der Waals surface area contributed by atoms with Crippen LogP contribution in [0.15, 0.2) is 30.6 Å². The van der Waals surface area contributed by atoms with Crippen molar-refractivity contribution in [3.63, 3.8) is 0 Å². The molecule has 102 valence electrons. The van der Waals surface area contributed by atoms with Crippen molar-refractivity contribution in [1.29, 1.82) is 5.26 Å². The van der Waals surface area contributed by atoms with E-state index < -0.39 is 0 Å². The Hall–Kier alpha value is -2.61. The molecular formula is C15H15N3O2. The van der Waals surface area contributed by atoms with Gasteiger partial charge in [-0.1, -0.05) is 6.07 Å². The van der Waals surface area contributed by atoms with Gasteiger partial charge in [0.25, 0.3) is 0 Å². The van der Waals surface area contributed by atoms with E-state index in [4.69, 9.17) is 10.00 Å². The van der Waals surface area contributed by atoms with Crippen molar-refractivity contribution in [3.05, 3.63) is 41.7 Å². The van der Waals surface area contributed by atoms with E-state index in [9.17, 15) is 4.79 Å². The van der Waals surface area contributed by atoms with Crippen LogP contribution in [-0.2, 0) is 16.1 Å². The van der Waals surface area contributed by atoms with Gasteiger partial charge in [0, 0.05) is 11.8 Å². The first-order chi connectivity index (χ1) is 9.62. The van der Waals surface area contributed by atoms with Gasteiger partial charge in [-0.2, -0.15) is 10.4 Å². The maximum Gasteiger partial charge on any atom is 0.327 e. The van der Waals surface area contributed by atoms with Crippen LogP contribution in [0.1, 0.15) is 18.1 Å². The number of aryl methyl sites for hydroxylation is 1. The SMILES string of the molecule is CCOC(=O)Cn1cc(-c2cc(C)cc(C#N)c2)cn1. The monoisotopic (exact) mass is 269 g/mol. The molecule has 0 radical (unpaired) electrons. The highest BCUT2D eigenvalue weighted by Gasteiger charge is 2.07. The summed E-state index contributed by atoms with van der Waals surface area (Å²) >= 11 is 0. The number of rotatable bonds is 4. The Balaban J connectivity index is 2.23. The largest absolute Gasteiger partial charge is 0.465 e. The van der Waals surface area contributed by atoms with E-state index in [1.807, 2.05) is 19.1 Å². The van der Waals surface area contributed by atoms with Crippen LogP contribution < -0.4 is 0 Å². The van der Waals surface area contributed by atoms with Gasteiger partial charge in [-0.25, -0.2) is 0 Å². The van der Waals surface area contributed by atoms with Crippen LogP contribution in [-0.4, -0.2) is 22.4 Å². The molecule has 0 N–H and O–H groups in total. The fourth-order valence-electron chi connectivity index (χ4n) is 1.95. The van der Waals surface area contributed by atoms with Crippen LogP contribution in [0.4, 0.5) is 0 Å². The van der Waals surface area contributed by atoms with E-state index in [0.29, 0.717) is 12.2 Å². The van der Waals surface area contributed by atoms with Crippen molar-refractivity contribution >= 4 is 5.97 Å². The van der Waals surface area contributed by atoms with E-state index >= 15 is 0 Å². The zero-order valence-corrected chi connectivity index (χ0v) is 11.5. The number of benzene rings is 1. The number of hydrogen-bond donors (Lipinski definition) is 0. The standard InChI is InChI=1S/C15H15N3O2/c1-3-20-15(19)10-18-9-14(8-17-18)13-5-11(2)4-12(6-13)7-16/h4-6,8-9H,3,10H2,1-2H3. The number of aromatic nitrogens is 2. The van der Waals surface area contributed by atoms with E-state index in [0.717, 1.165) is 16.7 Å². The van der Waals surface area contributed by atoms with Gasteiger partial charge in [0.2, 0.25) is 0 Å². The average molecular weight is 269 g/mol. The lowest BCUT2D eigenvalue weighted by Crippen LogP contribution is -2.13. The van der Waals surface area contributed by atoms with Gasteiger partial charge in [-0.3, -0.25) is 9.48 Å². The number of carbonyl (C=O) groups excluding carboxylic acids is 1. The number of hydrogen-bond acceptors (Lipinski definition) is 4. The molecule has 0 bridgehead atoms. The zero-order valence-electron chi connectivity index (χ0n) is 11.5. The van der Waals surface area contributed by atoms with E-state index in [-0.39, 0.29) is 12.5 Å². The molecule has 2 rings (SSSR count). The zero-order chi connectivity index (χ0) is 14.5. The van der Waals surface area contributed by atoms with Crippen molar-refractivity contribution in [2.24, 2.45) is 0 Å². The molecule has 0 aliphatic rings.